The third-order valence-corrected chi connectivity index (χ3v) is 14.3. The lowest BCUT2D eigenvalue weighted by Gasteiger charge is -2.24. The number of ether oxygens (including phenoxy) is 1. The van der Waals surface area contributed by atoms with Crippen LogP contribution in [0.2, 0.25) is 0 Å². The van der Waals surface area contributed by atoms with Crippen molar-refractivity contribution in [1.29, 1.82) is 0 Å². The Bertz CT molecular complexity index is 1020. The number of hydrogen-bond acceptors (Lipinski definition) is 5. The van der Waals surface area contributed by atoms with E-state index in [4.69, 9.17) is 4.74 Å². The van der Waals surface area contributed by atoms with Crippen LogP contribution in [-0.4, -0.2) is 46.9 Å². The van der Waals surface area contributed by atoms with E-state index in [0.29, 0.717) is 19.3 Å². The Kier molecular flexibility index (Phi) is 54.4. The topological polar surface area (TPSA) is 95.9 Å². The highest BCUT2D eigenvalue weighted by Crippen LogP contribution is 2.19. The van der Waals surface area contributed by atoms with E-state index in [1.165, 1.54) is 244 Å². The number of esters is 1. The lowest BCUT2D eigenvalue weighted by molar-refractivity contribution is -0.151. The highest BCUT2D eigenvalue weighted by atomic mass is 16.5. The van der Waals surface area contributed by atoms with Gasteiger partial charge in [0.05, 0.1) is 25.2 Å². The van der Waals surface area contributed by atoms with Crippen LogP contribution in [-0.2, 0) is 14.3 Å². The van der Waals surface area contributed by atoms with Crippen molar-refractivity contribution < 1.29 is 24.5 Å². The van der Waals surface area contributed by atoms with Crippen LogP contribution in [0.25, 0.3) is 0 Å². The van der Waals surface area contributed by atoms with Gasteiger partial charge in [0.1, 0.15) is 6.10 Å². The predicted octanol–water partition coefficient (Wildman–Crippen LogP) is 18.9. The smallest absolute Gasteiger partial charge is 0.306 e. The molecule has 0 aliphatic heterocycles. The van der Waals surface area contributed by atoms with E-state index in [-0.39, 0.29) is 24.9 Å². The van der Waals surface area contributed by atoms with Crippen molar-refractivity contribution in [1.82, 2.24) is 5.32 Å². The zero-order valence-corrected chi connectivity index (χ0v) is 45.6. The van der Waals surface area contributed by atoms with Gasteiger partial charge in [-0.25, -0.2) is 0 Å². The molecule has 3 atom stereocenters. The third-order valence-electron chi connectivity index (χ3n) is 14.3. The summed E-state index contributed by atoms with van der Waals surface area (Å²) in [7, 11) is 0. The fourth-order valence-electron chi connectivity index (χ4n) is 9.72. The molecular formula is C61H119NO5. The molecule has 0 aromatic carbocycles. The normalized spacial score (nSPS) is 13.1. The Morgan fingerprint density at radius 2 is 0.716 bits per heavy atom. The summed E-state index contributed by atoms with van der Waals surface area (Å²) in [5.74, 6) is -0.458. The Balaban J connectivity index is 4.50. The minimum absolute atomic E-state index is 0.0826. The Labute approximate surface area is 419 Å². The van der Waals surface area contributed by atoms with E-state index in [2.05, 4.69) is 38.2 Å². The van der Waals surface area contributed by atoms with E-state index >= 15 is 0 Å². The highest BCUT2D eigenvalue weighted by molar-refractivity contribution is 5.77. The number of unbranched alkanes of at least 4 members (excludes halogenated alkanes) is 42. The molecule has 0 heterocycles. The molecule has 0 saturated carbocycles. The zero-order chi connectivity index (χ0) is 48.8. The Hall–Kier alpha value is -1.40. The van der Waals surface area contributed by atoms with Gasteiger partial charge in [-0.2, -0.15) is 0 Å². The van der Waals surface area contributed by atoms with Gasteiger partial charge in [0.25, 0.3) is 0 Å². The molecule has 67 heavy (non-hydrogen) atoms. The van der Waals surface area contributed by atoms with Gasteiger partial charge in [0.2, 0.25) is 5.91 Å². The van der Waals surface area contributed by atoms with Crippen LogP contribution in [0, 0.1) is 0 Å². The van der Waals surface area contributed by atoms with E-state index in [0.717, 1.165) is 51.4 Å². The fraction of sp³-hybridized carbons (Fsp3) is 0.934. The van der Waals surface area contributed by atoms with E-state index in [1.54, 1.807) is 0 Å². The molecule has 0 aromatic rings. The van der Waals surface area contributed by atoms with Crippen LogP contribution in [0.15, 0.2) is 12.2 Å². The van der Waals surface area contributed by atoms with E-state index in [1.807, 2.05) is 0 Å². The number of allylic oxidation sites excluding steroid dienone is 2. The molecule has 0 radical (unpaired) electrons. The number of carbonyl (C=O) groups is 2. The molecule has 0 aliphatic carbocycles. The van der Waals surface area contributed by atoms with Gasteiger partial charge in [-0.3, -0.25) is 9.59 Å². The fourth-order valence-corrected chi connectivity index (χ4v) is 9.72. The van der Waals surface area contributed by atoms with Crippen LogP contribution in [0.4, 0.5) is 0 Å². The standard InChI is InChI=1S/C61H119NO5/c1-4-7-10-13-16-19-22-25-28-31-34-37-40-43-46-49-52-57(67-61(66)54-51-48-45-42-39-36-33-30-27-24-21-18-15-12-9-6-3)55-60(65)62-58(56-63)59(64)53-50-47-44-41-38-35-32-29-26-23-20-17-14-11-8-5-2/h30,33,57-59,63-64H,4-29,31-32,34-56H2,1-3H3,(H,62,65)/b33-30+. The molecule has 3 N–H and O–H groups in total. The van der Waals surface area contributed by atoms with Crippen molar-refractivity contribution in [2.75, 3.05) is 6.61 Å². The quantitative estimate of drug-likeness (QED) is 0.0321. The predicted molar refractivity (Wildman–Crippen MR) is 292 cm³/mol. The second-order valence-electron chi connectivity index (χ2n) is 21.1. The maximum atomic E-state index is 13.3. The van der Waals surface area contributed by atoms with E-state index < -0.39 is 18.2 Å². The first kappa shape index (κ1) is 65.6. The van der Waals surface area contributed by atoms with Gasteiger partial charge >= 0.3 is 5.97 Å². The van der Waals surface area contributed by atoms with E-state index in [9.17, 15) is 19.8 Å². The van der Waals surface area contributed by atoms with Gasteiger partial charge in [0, 0.05) is 6.42 Å². The largest absolute Gasteiger partial charge is 0.462 e. The number of amides is 1. The van der Waals surface area contributed by atoms with Gasteiger partial charge in [-0.05, 0) is 51.4 Å². The SMILES string of the molecule is CCCCCCCCC/C=C/CCCCCCCC(=O)OC(CCCCCCCCCCCCCCCCCC)CC(=O)NC(CO)C(O)CCCCCCCCCCCCCCCCCC. The number of aliphatic hydroxyl groups is 2. The van der Waals surface area contributed by atoms with Crippen LogP contribution in [0.5, 0.6) is 0 Å². The molecule has 0 aliphatic rings. The van der Waals surface area contributed by atoms with Crippen molar-refractivity contribution in [2.24, 2.45) is 0 Å². The summed E-state index contributed by atoms with van der Waals surface area (Å²) in [6.07, 6.45) is 64.2. The second-order valence-corrected chi connectivity index (χ2v) is 21.1. The summed E-state index contributed by atoms with van der Waals surface area (Å²) < 4.78 is 5.98. The maximum absolute atomic E-state index is 13.3. The van der Waals surface area contributed by atoms with Crippen molar-refractivity contribution in [3.05, 3.63) is 12.2 Å². The maximum Gasteiger partial charge on any atom is 0.306 e. The average Bonchev–Trinajstić information content (AvgIpc) is 3.32. The monoisotopic (exact) mass is 946 g/mol. The van der Waals surface area contributed by atoms with Crippen LogP contribution in [0.1, 0.15) is 342 Å². The molecular weight excluding hydrogens is 827 g/mol. The molecule has 0 fully saturated rings. The summed E-state index contributed by atoms with van der Waals surface area (Å²) in [6.45, 7) is 6.54. The zero-order valence-electron chi connectivity index (χ0n) is 45.6. The first-order valence-electron chi connectivity index (χ1n) is 30.4. The highest BCUT2D eigenvalue weighted by Gasteiger charge is 2.24. The summed E-state index contributed by atoms with van der Waals surface area (Å²) in [6, 6.07) is -0.698. The van der Waals surface area contributed by atoms with Crippen molar-refractivity contribution >= 4 is 11.9 Å². The number of carbonyl (C=O) groups excluding carboxylic acids is 2. The lowest BCUT2D eigenvalue weighted by Crippen LogP contribution is -2.46. The molecule has 398 valence electrons. The summed E-state index contributed by atoms with van der Waals surface area (Å²) in [5, 5.41) is 23.9. The average molecular weight is 947 g/mol. The summed E-state index contributed by atoms with van der Waals surface area (Å²) in [5.41, 5.74) is 0. The summed E-state index contributed by atoms with van der Waals surface area (Å²) in [4.78, 5) is 26.3. The number of hydrogen-bond donors (Lipinski definition) is 3. The van der Waals surface area contributed by atoms with Gasteiger partial charge in [0.15, 0.2) is 0 Å². The first-order valence-corrected chi connectivity index (χ1v) is 30.4. The first-order chi connectivity index (χ1) is 33.0. The second kappa shape index (κ2) is 55.5. The number of nitrogens with one attached hydrogen (secondary N) is 1. The summed E-state index contributed by atoms with van der Waals surface area (Å²) >= 11 is 0. The molecule has 0 aromatic heterocycles. The number of aliphatic hydroxyl groups excluding tert-OH is 2. The lowest BCUT2D eigenvalue weighted by atomic mass is 10.0. The Morgan fingerprint density at radius 3 is 1.06 bits per heavy atom. The molecule has 3 unspecified atom stereocenters. The van der Waals surface area contributed by atoms with Gasteiger partial charge in [-0.15, -0.1) is 0 Å². The van der Waals surface area contributed by atoms with Gasteiger partial charge < -0.3 is 20.3 Å². The third kappa shape index (κ3) is 50.8. The minimum Gasteiger partial charge on any atom is -0.462 e. The molecule has 0 saturated heterocycles. The minimum atomic E-state index is -0.784. The molecule has 0 spiro atoms. The molecule has 1 amide bonds. The van der Waals surface area contributed by atoms with Crippen molar-refractivity contribution in [3.63, 3.8) is 0 Å². The molecule has 0 rings (SSSR count). The van der Waals surface area contributed by atoms with Crippen molar-refractivity contribution in [2.45, 2.75) is 360 Å². The van der Waals surface area contributed by atoms with Gasteiger partial charge in [-0.1, -0.05) is 290 Å². The molecule has 6 nitrogen and oxygen atoms in total. The molecule has 0 bridgehead atoms. The van der Waals surface area contributed by atoms with Crippen LogP contribution < -0.4 is 5.32 Å². The van der Waals surface area contributed by atoms with Crippen molar-refractivity contribution in [3.8, 4) is 0 Å². The Morgan fingerprint density at radius 1 is 0.418 bits per heavy atom. The van der Waals surface area contributed by atoms with Crippen LogP contribution in [0.3, 0.4) is 0 Å². The number of rotatable bonds is 56. The van der Waals surface area contributed by atoms with Crippen LogP contribution >= 0.6 is 0 Å². The molecule has 6 heteroatoms.